The predicted molar refractivity (Wildman–Crippen MR) is 51.5 cm³/mol. The third-order valence-corrected chi connectivity index (χ3v) is 1.54. The van der Waals surface area contributed by atoms with Crippen LogP contribution < -0.4 is 4.37 Å². The standard InChI is InChI=1S/C9H12NO2.Li/c1-9(2,3)12-8(11)10-6-4-5-7-10;/h4-6H,1-3H3;. The van der Waals surface area contributed by atoms with Crippen molar-refractivity contribution in [1.29, 1.82) is 0 Å². The quantitative estimate of drug-likeness (QED) is 0.549. The van der Waals surface area contributed by atoms with Gasteiger partial charge in [-0.05, 0) is 0 Å². The molecule has 1 aromatic rings. The summed E-state index contributed by atoms with van der Waals surface area (Å²) < 4.78 is 7.56. The predicted octanol–water partition coefficient (Wildman–Crippen LogP) is 1.07. The van der Waals surface area contributed by atoms with E-state index in [1.165, 1.54) is 4.57 Å². The molecule has 0 fully saturated rings. The van der Waals surface area contributed by atoms with Crippen molar-refractivity contribution in [2.45, 2.75) is 26.4 Å². The average molecular weight is 173 g/mol. The summed E-state index contributed by atoms with van der Waals surface area (Å²) in [6.07, 6.45) is 1.37. The van der Waals surface area contributed by atoms with Gasteiger partial charge in [-0.1, -0.05) is 0 Å². The molecule has 0 unspecified atom stereocenters. The summed E-state index contributed by atoms with van der Waals surface area (Å²) in [7, 11) is 0. The Morgan fingerprint density at radius 1 is 1.54 bits per heavy atom. The second kappa shape index (κ2) is 3.61. The van der Waals surface area contributed by atoms with E-state index in [0.29, 0.717) is 0 Å². The summed E-state index contributed by atoms with van der Waals surface area (Å²) in [6.45, 7) is 5.55. The van der Waals surface area contributed by atoms with Gasteiger partial charge in [-0.2, -0.15) is 0 Å². The van der Waals surface area contributed by atoms with Gasteiger partial charge in [-0.25, -0.2) is 0 Å². The molecule has 4 heteroatoms. The van der Waals surface area contributed by atoms with Gasteiger partial charge in [0.2, 0.25) is 0 Å². The Kier molecular flexibility index (Phi) is 2.90. The van der Waals surface area contributed by atoms with Crippen LogP contribution in [0.15, 0.2) is 18.3 Å². The van der Waals surface area contributed by atoms with Crippen molar-refractivity contribution in [2.24, 2.45) is 0 Å². The van der Waals surface area contributed by atoms with Crippen LogP contribution in [0.5, 0.6) is 0 Å². The zero-order valence-electron chi connectivity index (χ0n) is 8.50. The van der Waals surface area contributed by atoms with E-state index in [2.05, 4.69) is 0 Å². The molecule has 0 saturated heterocycles. The average Bonchev–Trinajstić information content (AvgIpc) is 2.30. The number of carbonyl (C=O) groups is 1. The SMILES string of the molecule is [Li][c]1cccn1C(=O)OC(C)(C)C. The van der Waals surface area contributed by atoms with Gasteiger partial charge < -0.3 is 0 Å². The van der Waals surface area contributed by atoms with E-state index in [9.17, 15) is 4.79 Å². The van der Waals surface area contributed by atoms with Crippen molar-refractivity contribution in [2.75, 3.05) is 0 Å². The summed E-state index contributed by atoms with van der Waals surface area (Å²) in [5.41, 5.74) is -0.437. The summed E-state index contributed by atoms with van der Waals surface area (Å²) in [5, 5.41) is 0. The number of hydrogen-bond acceptors (Lipinski definition) is 2. The first-order valence-corrected chi connectivity index (χ1v) is 4.27. The van der Waals surface area contributed by atoms with Crippen molar-refractivity contribution in [3.8, 4) is 0 Å². The van der Waals surface area contributed by atoms with Gasteiger partial charge in [0.05, 0.1) is 0 Å². The van der Waals surface area contributed by atoms with Crippen LogP contribution in [0.25, 0.3) is 0 Å². The second-order valence-corrected chi connectivity index (χ2v) is 4.00. The molecule has 3 nitrogen and oxygen atoms in total. The summed E-state index contributed by atoms with van der Waals surface area (Å²) in [4.78, 5) is 11.5. The van der Waals surface area contributed by atoms with Crippen LogP contribution in [0, 0.1) is 0 Å². The van der Waals surface area contributed by atoms with Crippen LogP contribution >= 0.6 is 0 Å². The molecule has 0 aliphatic heterocycles. The molecule has 0 bridgehead atoms. The molecule has 66 valence electrons. The van der Waals surface area contributed by atoms with Crippen molar-refractivity contribution < 1.29 is 9.53 Å². The molecule has 0 amide bonds. The molecule has 0 radical (unpaired) electrons. The molecule has 1 aromatic heterocycles. The minimum absolute atomic E-state index is 0.324. The molecular formula is C9H12LiNO2. The van der Waals surface area contributed by atoms with Crippen molar-refractivity contribution >= 4 is 28.2 Å². The second-order valence-electron chi connectivity index (χ2n) is 4.00. The van der Waals surface area contributed by atoms with E-state index in [4.69, 9.17) is 4.74 Å². The van der Waals surface area contributed by atoms with Gasteiger partial charge in [0.15, 0.2) is 0 Å². The molecular weight excluding hydrogens is 161 g/mol. The molecule has 0 aliphatic carbocycles. The van der Waals surface area contributed by atoms with Crippen LogP contribution in [0.3, 0.4) is 0 Å². The number of hydrogen-bond donors (Lipinski definition) is 0. The number of aromatic nitrogens is 1. The molecule has 0 aliphatic rings. The van der Waals surface area contributed by atoms with Gasteiger partial charge >= 0.3 is 87.0 Å². The third-order valence-electron chi connectivity index (χ3n) is 1.54. The Balaban J connectivity index is 2.76. The molecule has 1 rings (SSSR count). The Hall–Kier alpha value is -0.653. The maximum atomic E-state index is 11.5. The van der Waals surface area contributed by atoms with Gasteiger partial charge in [0.25, 0.3) is 0 Å². The zero-order valence-corrected chi connectivity index (χ0v) is 8.50. The summed E-state index contributed by atoms with van der Waals surface area (Å²) >= 11 is 1.86. The van der Waals surface area contributed by atoms with Crippen LogP contribution in [0.2, 0.25) is 0 Å². The Morgan fingerprint density at radius 3 is 2.54 bits per heavy atom. The van der Waals surface area contributed by atoms with Gasteiger partial charge in [-0.3, -0.25) is 0 Å². The number of nitrogens with zero attached hydrogens (tertiary/aromatic N) is 1. The fourth-order valence-corrected chi connectivity index (χ4v) is 0.982. The topological polar surface area (TPSA) is 31.2 Å². The minimum atomic E-state index is -0.437. The van der Waals surface area contributed by atoms with Gasteiger partial charge in [0.1, 0.15) is 0 Å². The normalized spacial score (nSPS) is 11.5. The van der Waals surface area contributed by atoms with E-state index >= 15 is 0 Å². The van der Waals surface area contributed by atoms with Crippen molar-refractivity contribution in [1.82, 2.24) is 4.57 Å². The summed E-state index contributed by atoms with van der Waals surface area (Å²) in [5.74, 6) is 0. The van der Waals surface area contributed by atoms with Crippen molar-refractivity contribution in [3.63, 3.8) is 0 Å². The monoisotopic (exact) mass is 173 g/mol. The first-order valence-electron chi connectivity index (χ1n) is 4.27. The van der Waals surface area contributed by atoms with Gasteiger partial charge in [0, 0.05) is 0 Å². The molecule has 1 heterocycles. The first-order chi connectivity index (χ1) is 5.90. The van der Waals surface area contributed by atoms with Gasteiger partial charge in [-0.15, -0.1) is 0 Å². The maximum absolute atomic E-state index is 11.5. The molecule has 0 N–H and O–H groups in total. The van der Waals surface area contributed by atoms with Crippen LogP contribution in [0.4, 0.5) is 4.79 Å². The van der Waals surface area contributed by atoms with E-state index in [0.717, 1.165) is 4.37 Å². The van der Waals surface area contributed by atoms with Crippen LogP contribution in [-0.4, -0.2) is 34.0 Å². The van der Waals surface area contributed by atoms with E-state index in [1.54, 1.807) is 6.20 Å². The molecule has 0 spiro atoms. The van der Waals surface area contributed by atoms with Crippen LogP contribution in [0.1, 0.15) is 20.8 Å². The molecule has 0 saturated carbocycles. The van der Waals surface area contributed by atoms with E-state index in [1.807, 2.05) is 50.6 Å². The zero-order chi connectivity index (χ0) is 10.1. The van der Waals surface area contributed by atoms with Crippen molar-refractivity contribution in [3.05, 3.63) is 18.3 Å². The fourth-order valence-electron chi connectivity index (χ4n) is 0.982. The van der Waals surface area contributed by atoms with E-state index in [-0.39, 0.29) is 6.09 Å². The first kappa shape index (κ1) is 10.4. The molecule has 0 atom stereocenters. The van der Waals surface area contributed by atoms with E-state index < -0.39 is 5.60 Å². The number of rotatable bonds is 0. The molecule has 0 aromatic carbocycles. The van der Waals surface area contributed by atoms with Crippen LogP contribution in [-0.2, 0) is 4.74 Å². The number of carbonyl (C=O) groups excluding carboxylic acids is 1. The Morgan fingerprint density at radius 2 is 2.15 bits per heavy atom. The Bertz CT molecular complexity index is 312. The number of ether oxygens (including phenoxy) is 1. The third kappa shape index (κ3) is 2.95. The Labute approximate surface area is 87.3 Å². The molecule has 13 heavy (non-hydrogen) atoms. The fraction of sp³-hybridized carbons (Fsp3) is 0.444. The summed E-state index contributed by atoms with van der Waals surface area (Å²) in [6, 6.07) is 3.68.